The number of rotatable bonds is 6. The Morgan fingerprint density at radius 1 is 1.09 bits per heavy atom. The smallest absolute Gasteiger partial charge is 0.232 e. The second-order valence-electron chi connectivity index (χ2n) is 9.09. The summed E-state index contributed by atoms with van der Waals surface area (Å²) >= 11 is 3.77. The summed E-state index contributed by atoms with van der Waals surface area (Å²) in [6, 6.07) is 15.6. The third-order valence-electron chi connectivity index (χ3n) is 6.45. The molecule has 0 bridgehead atoms. The van der Waals surface area contributed by atoms with Crippen LogP contribution in [-0.2, 0) is 0 Å². The molecule has 174 valence electrons. The second kappa shape index (κ2) is 10.2. The molecular weight excluding hydrogens is 479 g/mol. The molecule has 1 aliphatic heterocycles. The zero-order chi connectivity index (χ0) is 23.5. The SMILES string of the molecule is CCN(c1nc(C)cc(N2CCC(c3cccc(F)c3)CC2)n1)c1ccc(C(C)C)cc1Br. The van der Waals surface area contributed by atoms with Crippen LogP contribution in [0.15, 0.2) is 53.0 Å². The van der Waals surface area contributed by atoms with E-state index in [1.54, 1.807) is 6.07 Å². The van der Waals surface area contributed by atoms with Gasteiger partial charge in [-0.3, -0.25) is 0 Å². The number of hydrogen-bond acceptors (Lipinski definition) is 4. The number of piperidine rings is 1. The maximum Gasteiger partial charge on any atom is 0.232 e. The third-order valence-corrected chi connectivity index (χ3v) is 7.09. The Labute approximate surface area is 205 Å². The van der Waals surface area contributed by atoms with Gasteiger partial charge in [0, 0.05) is 35.9 Å². The summed E-state index contributed by atoms with van der Waals surface area (Å²) < 4.78 is 14.7. The summed E-state index contributed by atoms with van der Waals surface area (Å²) in [4.78, 5) is 14.2. The van der Waals surface area contributed by atoms with Crippen LogP contribution in [0.4, 0.5) is 21.8 Å². The molecular formula is C27H32BrFN4. The van der Waals surface area contributed by atoms with E-state index < -0.39 is 0 Å². The van der Waals surface area contributed by atoms with Crippen molar-refractivity contribution in [3.8, 4) is 0 Å². The monoisotopic (exact) mass is 510 g/mol. The van der Waals surface area contributed by atoms with Gasteiger partial charge in [-0.1, -0.05) is 32.0 Å². The minimum atomic E-state index is -0.154. The van der Waals surface area contributed by atoms with Crippen LogP contribution in [-0.4, -0.2) is 29.6 Å². The van der Waals surface area contributed by atoms with Crippen molar-refractivity contribution in [1.29, 1.82) is 0 Å². The first kappa shape index (κ1) is 23.7. The Morgan fingerprint density at radius 2 is 1.85 bits per heavy atom. The van der Waals surface area contributed by atoms with Gasteiger partial charge in [0.1, 0.15) is 11.6 Å². The lowest BCUT2D eigenvalue weighted by atomic mass is 9.89. The first-order valence-corrected chi connectivity index (χ1v) is 12.6. The number of hydrogen-bond donors (Lipinski definition) is 0. The normalized spacial score (nSPS) is 14.7. The molecule has 0 aliphatic carbocycles. The highest BCUT2D eigenvalue weighted by molar-refractivity contribution is 9.10. The van der Waals surface area contributed by atoms with E-state index in [4.69, 9.17) is 9.97 Å². The summed E-state index contributed by atoms with van der Waals surface area (Å²) in [6.07, 6.45) is 1.98. The van der Waals surface area contributed by atoms with Crippen LogP contribution in [0, 0.1) is 12.7 Å². The molecule has 3 aromatic rings. The Kier molecular flexibility index (Phi) is 7.32. The number of benzene rings is 2. The van der Waals surface area contributed by atoms with Crippen molar-refractivity contribution in [3.63, 3.8) is 0 Å². The Bertz CT molecular complexity index is 1110. The summed E-state index contributed by atoms with van der Waals surface area (Å²) in [6.45, 7) is 11.1. The number of nitrogens with zero attached hydrogens (tertiary/aromatic N) is 4. The van der Waals surface area contributed by atoms with Gasteiger partial charge in [0.25, 0.3) is 0 Å². The Balaban J connectivity index is 1.55. The van der Waals surface area contributed by atoms with Gasteiger partial charge in [-0.2, -0.15) is 4.98 Å². The second-order valence-corrected chi connectivity index (χ2v) is 9.95. The van der Waals surface area contributed by atoms with Gasteiger partial charge in [0.15, 0.2) is 0 Å². The number of aromatic nitrogens is 2. The molecule has 6 heteroatoms. The molecule has 0 N–H and O–H groups in total. The lowest BCUT2D eigenvalue weighted by molar-refractivity contribution is 0.499. The molecule has 0 unspecified atom stereocenters. The highest BCUT2D eigenvalue weighted by atomic mass is 79.9. The number of aryl methyl sites for hydroxylation is 1. The maximum absolute atomic E-state index is 13.7. The quantitative estimate of drug-likeness (QED) is 0.346. The average Bonchev–Trinajstić information content (AvgIpc) is 2.80. The van der Waals surface area contributed by atoms with E-state index in [1.807, 2.05) is 19.1 Å². The zero-order valence-corrected chi connectivity index (χ0v) is 21.4. The van der Waals surface area contributed by atoms with E-state index in [9.17, 15) is 4.39 Å². The van der Waals surface area contributed by atoms with Gasteiger partial charge in [-0.05, 0) is 89.8 Å². The van der Waals surface area contributed by atoms with Crippen LogP contribution in [0.5, 0.6) is 0 Å². The van der Waals surface area contributed by atoms with E-state index in [0.29, 0.717) is 11.8 Å². The largest absolute Gasteiger partial charge is 0.356 e. The molecule has 0 spiro atoms. The lowest BCUT2D eigenvalue weighted by Crippen LogP contribution is -2.34. The van der Waals surface area contributed by atoms with E-state index in [1.165, 1.54) is 11.6 Å². The molecule has 1 aromatic heterocycles. The van der Waals surface area contributed by atoms with E-state index in [-0.39, 0.29) is 5.82 Å². The van der Waals surface area contributed by atoms with E-state index in [0.717, 1.165) is 65.7 Å². The fraction of sp³-hybridized carbons (Fsp3) is 0.407. The van der Waals surface area contributed by atoms with Crippen LogP contribution < -0.4 is 9.80 Å². The number of halogens is 2. The summed E-state index contributed by atoms with van der Waals surface area (Å²) in [5.41, 5.74) is 4.42. The molecule has 1 aliphatic rings. The lowest BCUT2D eigenvalue weighted by Gasteiger charge is -2.34. The fourth-order valence-electron chi connectivity index (χ4n) is 4.54. The van der Waals surface area contributed by atoms with Crippen molar-refractivity contribution in [1.82, 2.24) is 9.97 Å². The molecule has 2 heterocycles. The van der Waals surface area contributed by atoms with Crippen LogP contribution in [0.2, 0.25) is 0 Å². The van der Waals surface area contributed by atoms with Crippen molar-refractivity contribution in [2.45, 2.75) is 52.4 Å². The first-order chi connectivity index (χ1) is 15.9. The standard InChI is InChI=1S/C27H32BrFN4/c1-5-33(25-10-9-21(18(2)3)17-24(25)28)27-30-19(4)15-26(31-27)32-13-11-20(12-14-32)22-7-6-8-23(29)16-22/h6-10,15-18,20H,5,11-14H2,1-4H3. The van der Waals surface area contributed by atoms with E-state index >= 15 is 0 Å². The molecule has 1 fully saturated rings. The molecule has 4 rings (SSSR count). The molecule has 4 nitrogen and oxygen atoms in total. The summed E-state index contributed by atoms with van der Waals surface area (Å²) in [5.74, 6) is 2.39. The third kappa shape index (κ3) is 5.37. The zero-order valence-electron chi connectivity index (χ0n) is 19.9. The van der Waals surface area contributed by atoms with Gasteiger partial charge in [-0.15, -0.1) is 0 Å². The van der Waals surface area contributed by atoms with Crippen LogP contribution in [0.1, 0.15) is 62.3 Å². The van der Waals surface area contributed by atoms with Gasteiger partial charge < -0.3 is 9.80 Å². The predicted molar refractivity (Wildman–Crippen MR) is 138 cm³/mol. The molecule has 0 radical (unpaired) electrons. The molecule has 0 saturated carbocycles. The highest BCUT2D eigenvalue weighted by Crippen LogP contribution is 2.35. The highest BCUT2D eigenvalue weighted by Gasteiger charge is 2.23. The minimum Gasteiger partial charge on any atom is -0.356 e. The Hall–Kier alpha value is -2.47. The van der Waals surface area contributed by atoms with Crippen molar-refractivity contribution in [2.24, 2.45) is 0 Å². The minimum absolute atomic E-state index is 0.154. The molecule has 2 aromatic carbocycles. The van der Waals surface area contributed by atoms with Crippen molar-refractivity contribution in [3.05, 3.63) is 75.6 Å². The van der Waals surface area contributed by atoms with Crippen LogP contribution >= 0.6 is 15.9 Å². The van der Waals surface area contributed by atoms with Crippen molar-refractivity contribution < 1.29 is 4.39 Å². The molecule has 1 saturated heterocycles. The fourth-order valence-corrected chi connectivity index (χ4v) is 5.15. The molecule has 0 atom stereocenters. The van der Waals surface area contributed by atoms with Crippen LogP contribution in [0.3, 0.4) is 0 Å². The van der Waals surface area contributed by atoms with Gasteiger partial charge in [0.05, 0.1) is 5.69 Å². The molecule has 0 amide bonds. The first-order valence-electron chi connectivity index (χ1n) is 11.8. The predicted octanol–water partition coefficient (Wildman–Crippen LogP) is 7.35. The molecule has 33 heavy (non-hydrogen) atoms. The average molecular weight is 511 g/mol. The topological polar surface area (TPSA) is 32.3 Å². The maximum atomic E-state index is 13.7. The van der Waals surface area contributed by atoms with Crippen molar-refractivity contribution >= 4 is 33.4 Å². The summed E-state index contributed by atoms with van der Waals surface area (Å²) in [7, 11) is 0. The van der Waals surface area contributed by atoms with Crippen LogP contribution in [0.25, 0.3) is 0 Å². The van der Waals surface area contributed by atoms with Gasteiger partial charge in [-0.25, -0.2) is 9.37 Å². The van der Waals surface area contributed by atoms with Gasteiger partial charge in [0.2, 0.25) is 5.95 Å². The van der Waals surface area contributed by atoms with E-state index in [2.05, 4.69) is 70.8 Å². The Morgan fingerprint density at radius 3 is 2.48 bits per heavy atom. The number of anilines is 3. The summed E-state index contributed by atoms with van der Waals surface area (Å²) in [5, 5.41) is 0. The van der Waals surface area contributed by atoms with Gasteiger partial charge >= 0.3 is 0 Å². The van der Waals surface area contributed by atoms with Crippen molar-refractivity contribution in [2.75, 3.05) is 29.4 Å².